The molecule has 1 heterocycles. The van der Waals surface area contributed by atoms with Crippen molar-refractivity contribution in [2.75, 3.05) is 0 Å². The van der Waals surface area contributed by atoms with Gasteiger partial charge in [0.05, 0.1) is 10.5 Å². The van der Waals surface area contributed by atoms with Crippen LogP contribution in [0, 0.1) is 0 Å². The summed E-state index contributed by atoms with van der Waals surface area (Å²) in [4.78, 5) is 23.3. The maximum atomic E-state index is 11.9. The molecule has 0 atom stereocenters. The Morgan fingerprint density at radius 3 is 2.62 bits per heavy atom. The van der Waals surface area contributed by atoms with Gasteiger partial charge in [0.25, 0.3) is 5.91 Å². The Morgan fingerprint density at radius 2 is 2.00 bits per heavy atom. The molecule has 1 fully saturated rings. The number of thiocarbonyl (C=S) groups is 1. The Kier molecular flexibility index (Phi) is 5.75. The van der Waals surface area contributed by atoms with Gasteiger partial charge in [0.1, 0.15) is 16.7 Å². The topological polar surface area (TPSA) is 75.6 Å². The Hall–Kier alpha value is -2.16. The van der Waals surface area contributed by atoms with E-state index in [1.54, 1.807) is 24.3 Å². The molecule has 0 aromatic heterocycles. The number of carboxylic acid groups (broad SMARTS) is 1. The van der Waals surface area contributed by atoms with Crippen LogP contribution in [0.3, 0.4) is 0 Å². The van der Waals surface area contributed by atoms with Gasteiger partial charge < -0.3 is 15.2 Å². The third-order valence-corrected chi connectivity index (χ3v) is 5.15. The minimum atomic E-state index is -0.968. The smallest absolute Gasteiger partial charge is 0.335 e. The van der Waals surface area contributed by atoms with Crippen LogP contribution >= 0.6 is 39.9 Å². The van der Waals surface area contributed by atoms with Gasteiger partial charge in [-0.25, -0.2) is 4.79 Å². The molecule has 132 valence electrons. The zero-order chi connectivity index (χ0) is 18.7. The van der Waals surface area contributed by atoms with Crippen LogP contribution in [0.1, 0.15) is 21.5 Å². The van der Waals surface area contributed by atoms with Crippen LogP contribution in [-0.4, -0.2) is 21.3 Å². The van der Waals surface area contributed by atoms with Crippen molar-refractivity contribution in [1.82, 2.24) is 5.32 Å². The van der Waals surface area contributed by atoms with Crippen LogP contribution in [0.25, 0.3) is 6.08 Å². The largest absolute Gasteiger partial charge is 0.488 e. The third-order valence-electron chi connectivity index (χ3n) is 3.50. The fraction of sp³-hybridized carbons (Fsp3) is 0.0556. The summed E-state index contributed by atoms with van der Waals surface area (Å²) in [5.41, 5.74) is 1.80. The number of aromatic carboxylic acids is 1. The highest BCUT2D eigenvalue weighted by atomic mass is 79.9. The Labute approximate surface area is 167 Å². The summed E-state index contributed by atoms with van der Waals surface area (Å²) in [5.74, 6) is -0.589. The normalized spacial score (nSPS) is 15.2. The lowest BCUT2D eigenvalue weighted by molar-refractivity contribution is -0.115. The predicted molar refractivity (Wildman–Crippen MR) is 108 cm³/mol. The van der Waals surface area contributed by atoms with Crippen LogP contribution in [0.15, 0.2) is 51.8 Å². The average Bonchev–Trinajstić information content (AvgIpc) is 2.92. The van der Waals surface area contributed by atoms with Crippen molar-refractivity contribution in [1.29, 1.82) is 0 Å². The third kappa shape index (κ3) is 4.51. The van der Waals surface area contributed by atoms with Gasteiger partial charge in [-0.3, -0.25) is 4.79 Å². The van der Waals surface area contributed by atoms with E-state index in [9.17, 15) is 9.59 Å². The first-order valence-electron chi connectivity index (χ1n) is 7.42. The van der Waals surface area contributed by atoms with Crippen LogP contribution in [0.4, 0.5) is 0 Å². The Morgan fingerprint density at radius 1 is 1.27 bits per heavy atom. The molecule has 1 saturated heterocycles. The fourth-order valence-electron chi connectivity index (χ4n) is 2.23. The highest BCUT2D eigenvalue weighted by Gasteiger charge is 2.22. The van der Waals surface area contributed by atoms with Crippen molar-refractivity contribution in [3.8, 4) is 5.75 Å². The Balaban J connectivity index is 1.80. The molecular formula is C18H12BrNO4S2. The number of thioether (sulfide) groups is 1. The number of nitrogens with one attached hydrogen (secondary N) is 1. The number of ether oxygens (including phenoxy) is 1. The van der Waals surface area contributed by atoms with E-state index >= 15 is 0 Å². The lowest BCUT2D eigenvalue weighted by atomic mass is 10.1. The van der Waals surface area contributed by atoms with E-state index in [2.05, 4.69) is 21.2 Å². The van der Waals surface area contributed by atoms with E-state index in [1.165, 1.54) is 23.9 Å². The molecule has 2 N–H and O–H groups in total. The first-order chi connectivity index (χ1) is 12.4. The quantitative estimate of drug-likeness (QED) is 0.525. The van der Waals surface area contributed by atoms with E-state index in [4.69, 9.17) is 22.1 Å². The second-order valence-electron chi connectivity index (χ2n) is 5.33. The number of hydrogen-bond acceptors (Lipinski definition) is 5. The number of hydrogen-bond donors (Lipinski definition) is 2. The summed E-state index contributed by atoms with van der Waals surface area (Å²) < 4.78 is 7.15. The van der Waals surface area contributed by atoms with Gasteiger partial charge >= 0.3 is 5.97 Å². The van der Waals surface area contributed by atoms with Crippen molar-refractivity contribution >= 4 is 62.2 Å². The summed E-state index contributed by atoms with van der Waals surface area (Å²) >= 11 is 9.62. The second-order valence-corrected chi connectivity index (χ2v) is 7.96. The lowest BCUT2D eigenvalue weighted by Crippen LogP contribution is -2.17. The first-order valence-corrected chi connectivity index (χ1v) is 9.43. The Bertz CT molecular complexity index is 925. The fourth-order valence-corrected chi connectivity index (χ4v) is 3.64. The lowest BCUT2D eigenvalue weighted by Gasteiger charge is -2.10. The molecule has 8 heteroatoms. The zero-order valence-corrected chi connectivity index (χ0v) is 16.4. The second kappa shape index (κ2) is 8.03. The summed E-state index contributed by atoms with van der Waals surface area (Å²) in [6, 6.07) is 12.0. The number of rotatable bonds is 5. The average molecular weight is 450 g/mol. The molecule has 3 rings (SSSR count). The van der Waals surface area contributed by atoms with Gasteiger partial charge in [0.15, 0.2) is 0 Å². The van der Waals surface area contributed by atoms with E-state index in [0.29, 0.717) is 15.0 Å². The van der Waals surface area contributed by atoms with E-state index < -0.39 is 5.97 Å². The van der Waals surface area contributed by atoms with Gasteiger partial charge in [-0.2, -0.15) is 0 Å². The monoisotopic (exact) mass is 449 g/mol. The predicted octanol–water partition coefficient (Wildman–Crippen LogP) is 4.22. The molecule has 0 spiro atoms. The molecule has 0 saturated carbocycles. The number of benzene rings is 2. The molecule has 0 radical (unpaired) electrons. The number of carboxylic acids is 1. The van der Waals surface area contributed by atoms with Gasteiger partial charge in [-0.1, -0.05) is 52.0 Å². The highest BCUT2D eigenvalue weighted by Crippen LogP contribution is 2.31. The highest BCUT2D eigenvalue weighted by molar-refractivity contribution is 9.10. The zero-order valence-electron chi connectivity index (χ0n) is 13.2. The van der Waals surface area contributed by atoms with Crippen LogP contribution in [-0.2, 0) is 11.4 Å². The van der Waals surface area contributed by atoms with E-state index in [1.807, 2.05) is 12.1 Å². The molecule has 0 unspecified atom stereocenters. The molecule has 2 aromatic carbocycles. The van der Waals surface area contributed by atoms with Crippen molar-refractivity contribution in [2.45, 2.75) is 6.61 Å². The van der Waals surface area contributed by atoms with Gasteiger partial charge in [0, 0.05) is 10.0 Å². The molecule has 26 heavy (non-hydrogen) atoms. The maximum absolute atomic E-state index is 11.9. The summed E-state index contributed by atoms with van der Waals surface area (Å²) in [7, 11) is 0. The van der Waals surface area contributed by atoms with Gasteiger partial charge in [-0.05, 0) is 42.0 Å². The minimum Gasteiger partial charge on any atom is -0.488 e. The molecule has 1 aliphatic rings. The molecule has 2 aromatic rings. The summed E-state index contributed by atoms with van der Waals surface area (Å²) in [5, 5.41) is 11.5. The van der Waals surface area contributed by atoms with Crippen LogP contribution in [0.2, 0.25) is 0 Å². The number of carbonyl (C=O) groups excluding carboxylic acids is 1. The summed E-state index contributed by atoms with van der Waals surface area (Å²) in [6.45, 7) is 0.273. The van der Waals surface area contributed by atoms with Gasteiger partial charge in [-0.15, -0.1) is 0 Å². The molecule has 1 aliphatic heterocycles. The molecule has 0 bridgehead atoms. The number of carbonyl (C=O) groups is 2. The molecule has 5 nitrogen and oxygen atoms in total. The standard InChI is InChI=1S/C18H12BrNO4S2/c19-13-5-6-14(12(7-13)8-15-16(21)20-18(25)26-15)24-9-10-1-3-11(4-2-10)17(22)23/h1-8H,9H2,(H,22,23)(H,20,21,25)/b15-8-. The number of amides is 1. The van der Waals surface area contributed by atoms with Crippen molar-refractivity contribution in [2.24, 2.45) is 0 Å². The molecule has 1 amide bonds. The van der Waals surface area contributed by atoms with Gasteiger partial charge in [0.2, 0.25) is 0 Å². The van der Waals surface area contributed by atoms with E-state index in [0.717, 1.165) is 15.6 Å². The van der Waals surface area contributed by atoms with Crippen molar-refractivity contribution < 1.29 is 19.4 Å². The van der Waals surface area contributed by atoms with Crippen molar-refractivity contribution in [3.63, 3.8) is 0 Å². The van der Waals surface area contributed by atoms with E-state index in [-0.39, 0.29) is 18.1 Å². The molecular weight excluding hydrogens is 438 g/mol. The first kappa shape index (κ1) is 18.6. The van der Waals surface area contributed by atoms with Crippen LogP contribution in [0.5, 0.6) is 5.75 Å². The summed E-state index contributed by atoms with van der Waals surface area (Å²) in [6.07, 6.45) is 1.73. The minimum absolute atomic E-state index is 0.225. The maximum Gasteiger partial charge on any atom is 0.335 e. The SMILES string of the molecule is O=C1NC(=S)S/C1=C\c1cc(Br)ccc1OCc1ccc(C(=O)O)cc1. The molecule has 0 aliphatic carbocycles. The van der Waals surface area contributed by atoms with Crippen molar-refractivity contribution in [3.05, 3.63) is 68.5 Å². The van der Waals surface area contributed by atoms with Crippen LogP contribution < -0.4 is 10.1 Å². The number of halogens is 1.